The van der Waals surface area contributed by atoms with E-state index in [1.807, 2.05) is 39.0 Å². The molecule has 0 fully saturated rings. The largest absolute Gasteiger partial charge is 0.206 e. The van der Waals surface area contributed by atoms with E-state index in [0.717, 1.165) is 22.3 Å². The summed E-state index contributed by atoms with van der Waals surface area (Å²) >= 11 is 0. The van der Waals surface area contributed by atoms with Crippen molar-refractivity contribution in [3.63, 3.8) is 0 Å². The number of aryl methyl sites for hydroxylation is 3. The Hall–Kier alpha value is -2.48. The zero-order chi connectivity index (χ0) is 17.4. The number of hydrogen-bond acceptors (Lipinski definition) is 0. The molecule has 0 bridgehead atoms. The fourth-order valence-electron chi connectivity index (χ4n) is 2.96. The summed E-state index contributed by atoms with van der Waals surface area (Å²) in [6.45, 7) is 7.95. The minimum Gasteiger partial charge on any atom is -0.206 e. The van der Waals surface area contributed by atoms with Crippen LogP contribution in [0.5, 0.6) is 0 Å². The van der Waals surface area contributed by atoms with Crippen LogP contribution in [-0.2, 0) is 0 Å². The number of halogens is 2. The smallest absolute Gasteiger partial charge is 0.131 e. The lowest BCUT2D eigenvalue weighted by atomic mass is 9.94. The Bertz CT molecular complexity index is 900. The van der Waals surface area contributed by atoms with E-state index in [1.54, 1.807) is 18.2 Å². The SMILES string of the molecule is Cc1ccc(-c2ccc(-c3cc(C)c(C)c(C)c3)c(F)c2)c(F)c1. The van der Waals surface area contributed by atoms with Crippen LogP contribution < -0.4 is 0 Å². The lowest BCUT2D eigenvalue weighted by Crippen LogP contribution is -1.92. The maximum absolute atomic E-state index is 14.7. The first-order valence-electron chi connectivity index (χ1n) is 8.01. The third kappa shape index (κ3) is 2.96. The summed E-state index contributed by atoms with van der Waals surface area (Å²) in [4.78, 5) is 0. The van der Waals surface area contributed by atoms with E-state index >= 15 is 0 Å². The van der Waals surface area contributed by atoms with Gasteiger partial charge in [0.1, 0.15) is 11.6 Å². The van der Waals surface area contributed by atoms with Crippen LogP contribution in [0.1, 0.15) is 22.3 Å². The Morgan fingerprint density at radius 2 is 1.12 bits per heavy atom. The normalized spacial score (nSPS) is 10.9. The molecule has 2 heteroatoms. The summed E-state index contributed by atoms with van der Waals surface area (Å²) in [6, 6.07) is 13.9. The highest BCUT2D eigenvalue weighted by atomic mass is 19.1. The van der Waals surface area contributed by atoms with Crippen LogP contribution in [0, 0.1) is 39.3 Å². The Morgan fingerprint density at radius 1 is 0.583 bits per heavy atom. The molecule has 0 radical (unpaired) electrons. The van der Waals surface area contributed by atoms with E-state index < -0.39 is 0 Å². The molecule has 0 atom stereocenters. The van der Waals surface area contributed by atoms with Crippen LogP contribution in [0.3, 0.4) is 0 Å². The zero-order valence-corrected chi connectivity index (χ0v) is 14.4. The van der Waals surface area contributed by atoms with Gasteiger partial charge in [0.25, 0.3) is 0 Å². The molecule has 3 aromatic carbocycles. The molecule has 0 saturated carbocycles. The summed E-state index contributed by atoms with van der Waals surface area (Å²) in [5, 5.41) is 0. The van der Waals surface area contributed by atoms with Crippen molar-refractivity contribution in [2.24, 2.45) is 0 Å². The van der Waals surface area contributed by atoms with Crippen molar-refractivity contribution < 1.29 is 8.78 Å². The summed E-state index contributed by atoms with van der Waals surface area (Å²) in [5.74, 6) is -0.667. The van der Waals surface area contributed by atoms with Crippen LogP contribution in [0.15, 0.2) is 48.5 Å². The van der Waals surface area contributed by atoms with Gasteiger partial charge in [-0.25, -0.2) is 8.78 Å². The third-order valence-electron chi connectivity index (χ3n) is 4.64. The fourth-order valence-corrected chi connectivity index (χ4v) is 2.96. The summed E-state index contributed by atoms with van der Waals surface area (Å²) in [6.07, 6.45) is 0. The van der Waals surface area contributed by atoms with Gasteiger partial charge < -0.3 is 0 Å². The van der Waals surface area contributed by atoms with Gasteiger partial charge in [0.2, 0.25) is 0 Å². The highest BCUT2D eigenvalue weighted by Gasteiger charge is 2.12. The number of rotatable bonds is 2. The van der Waals surface area contributed by atoms with Crippen LogP contribution in [0.4, 0.5) is 8.78 Å². The van der Waals surface area contributed by atoms with E-state index in [9.17, 15) is 8.78 Å². The number of hydrogen-bond donors (Lipinski definition) is 0. The van der Waals surface area contributed by atoms with Crippen molar-refractivity contribution in [2.45, 2.75) is 27.7 Å². The van der Waals surface area contributed by atoms with Gasteiger partial charge in [-0.3, -0.25) is 0 Å². The minimum absolute atomic E-state index is 0.329. The summed E-state index contributed by atoms with van der Waals surface area (Å²) in [5.41, 5.74) is 6.70. The average molecular weight is 322 g/mol. The fraction of sp³-hybridized carbons (Fsp3) is 0.182. The molecular weight excluding hydrogens is 302 g/mol. The lowest BCUT2D eigenvalue weighted by Gasteiger charge is -2.12. The van der Waals surface area contributed by atoms with Gasteiger partial charge in [-0.1, -0.05) is 36.4 Å². The quantitative estimate of drug-likeness (QED) is 0.503. The van der Waals surface area contributed by atoms with E-state index in [0.29, 0.717) is 16.7 Å². The highest BCUT2D eigenvalue weighted by Crippen LogP contribution is 2.31. The Balaban J connectivity index is 2.08. The van der Waals surface area contributed by atoms with E-state index in [4.69, 9.17) is 0 Å². The first-order valence-corrected chi connectivity index (χ1v) is 8.01. The van der Waals surface area contributed by atoms with Crippen molar-refractivity contribution in [1.82, 2.24) is 0 Å². The van der Waals surface area contributed by atoms with E-state index in [-0.39, 0.29) is 11.6 Å². The van der Waals surface area contributed by atoms with Crippen LogP contribution in [-0.4, -0.2) is 0 Å². The van der Waals surface area contributed by atoms with Gasteiger partial charge in [-0.15, -0.1) is 0 Å². The molecule has 0 unspecified atom stereocenters. The molecular formula is C22H20F2. The van der Waals surface area contributed by atoms with Gasteiger partial charge in [0, 0.05) is 11.1 Å². The van der Waals surface area contributed by atoms with Gasteiger partial charge in [0.05, 0.1) is 0 Å². The standard InChI is InChI=1S/C22H20F2/c1-13-5-7-19(21(23)9-13)17-6-8-20(22(24)12-17)18-10-14(2)16(4)15(3)11-18/h5-12H,1-4H3. The second kappa shape index (κ2) is 6.20. The maximum atomic E-state index is 14.7. The second-order valence-corrected chi connectivity index (χ2v) is 6.41. The second-order valence-electron chi connectivity index (χ2n) is 6.41. The van der Waals surface area contributed by atoms with Gasteiger partial charge in [-0.05, 0) is 73.2 Å². The molecule has 0 saturated heterocycles. The van der Waals surface area contributed by atoms with Crippen LogP contribution >= 0.6 is 0 Å². The average Bonchev–Trinajstić information content (AvgIpc) is 2.52. The first kappa shape index (κ1) is 16.4. The molecule has 0 aliphatic heterocycles. The predicted octanol–water partition coefficient (Wildman–Crippen LogP) is 6.53. The van der Waals surface area contributed by atoms with Gasteiger partial charge in [-0.2, -0.15) is 0 Å². The lowest BCUT2D eigenvalue weighted by molar-refractivity contribution is 0.626. The molecule has 24 heavy (non-hydrogen) atoms. The van der Waals surface area contributed by atoms with Crippen LogP contribution in [0.25, 0.3) is 22.3 Å². The molecule has 0 amide bonds. The Labute approximate surface area is 141 Å². The molecule has 0 aromatic heterocycles. The van der Waals surface area contributed by atoms with E-state index in [1.165, 1.54) is 17.7 Å². The van der Waals surface area contributed by atoms with Crippen molar-refractivity contribution in [1.29, 1.82) is 0 Å². The summed E-state index contributed by atoms with van der Waals surface area (Å²) < 4.78 is 28.8. The van der Waals surface area contributed by atoms with Crippen molar-refractivity contribution in [3.05, 3.63) is 82.4 Å². The highest BCUT2D eigenvalue weighted by molar-refractivity contribution is 5.72. The Morgan fingerprint density at radius 3 is 1.71 bits per heavy atom. The molecule has 0 spiro atoms. The van der Waals surface area contributed by atoms with Crippen molar-refractivity contribution >= 4 is 0 Å². The van der Waals surface area contributed by atoms with Crippen molar-refractivity contribution in [3.8, 4) is 22.3 Å². The number of benzene rings is 3. The molecule has 122 valence electrons. The van der Waals surface area contributed by atoms with Crippen LogP contribution in [0.2, 0.25) is 0 Å². The van der Waals surface area contributed by atoms with Gasteiger partial charge >= 0.3 is 0 Å². The third-order valence-corrected chi connectivity index (χ3v) is 4.64. The zero-order valence-electron chi connectivity index (χ0n) is 14.4. The first-order chi connectivity index (χ1) is 11.4. The Kier molecular flexibility index (Phi) is 4.23. The van der Waals surface area contributed by atoms with Gasteiger partial charge in [0.15, 0.2) is 0 Å². The topological polar surface area (TPSA) is 0 Å². The van der Waals surface area contributed by atoms with Crippen molar-refractivity contribution in [2.75, 3.05) is 0 Å². The van der Waals surface area contributed by atoms with E-state index in [2.05, 4.69) is 6.92 Å². The predicted molar refractivity (Wildman–Crippen MR) is 96.2 cm³/mol. The molecule has 0 N–H and O–H groups in total. The minimum atomic E-state index is -0.338. The molecule has 3 aromatic rings. The molecule has 0 heterocycles. The molecule has 0 aliphatic carbocycles. The molecule has 0 nitrogen and oxygen atoms in total. The monoisotopic (exact) mass is 322 g/mol. The molecule has 3 rings (SSSR count). The molecule has 0 aliphatic rings. The maximum Gasteiger partial charge on any atom is 0.131 e. The summed E-state index contributed by atoms with van der Waals surface area (Å²) in [7, 11) is 0.